The van der Waals surface area contributed by atoms with Gasteiger partial charge in [0.05, 0.1) is 0 Å². The highest BCUT2D eigenvalue weighted by Gasteiger charge is 2.03. The van der Waals surface area contributed by atoms with Crippen LogP contribution < -0.4 is 5.32 Å². The van der Waals surface area contributed by atoms with Crippen molar-refractivity contribution in [1.82, 2.24) is 9.97 Å². The zero-order valence-electron chi connectivity index (χ0n) is 11.0. The van der Waals surface area contributed by atoms with E-state index in [1.807, 2.05) is 6.20 Å². The molecule has 0 spiro atoms. The van der Waals surface area contributed by atoms with Crippen LogP contribution in [0.2, 0.25) is 0 Å². The van der Waals surface area contributed by atoms with E-state index in [1.165, 1.54) is 27.4 Å². The Balaban J connectivity index is 1.60. The van der Waals surface area contributed by atoms with Gasteiger partial charge < -0.3 is 15.3 Å². The number of hydrogen-bond acceptors (Lipinski definition) is 1. The predicted octanol–water partition coefficient (Wildman–Crippen LogP) is 4.26. The average molecular weight is 261 g/mol. The van der Waals surface area contributed by atoms with E-state index in [-0.39, 0.29) is 0 Å². The summed E-state index contributed by atoms with van der Waals surface area (Å²) < 4.78 is 0. The molecule has 20 heavy (non-hydrogen) atoms. The molecule has 0 atom stereocenters. The van der Waals surface area contributed by atoms with E-state index in [9.17, 15) is 0 Å². The van der Waals surface area contributed by atoms with E-state index >= 15 is 0 Å². The molecule has 2 aromatic heterocycles. The van der Waals surface area contributed by atoms with Crippen molar-refractivity contribution in [2.45, 2.75) is 6.54 Å². The summed E-state index contributed by atoms with van der Waals surface area (Å²) in [4.78, 5) is 6.51. The molecular weight excluding hydrogens is 246 g/mol. The zero-order valence-corrected chi connectivity index (χ0v) is 11.0. The molecule has 0 unspecified atom stereocenters. The van der Waals surface area contributed by atoms with Crippen LogP contribution in [0.5, 0.6) is 0 Å². The lowest BCUT2D eigenvalue weighted by molar-refractivity contribution is 1.16. The summed E-state index contributed by atoms with van der Waals surface area (Å²) in [5.41, 5.74) is 4.78. The third kappa shape index (κ3) is 1.84. The molecule has 4 aromatic rings. The molecule has 3 N–H and O–H groups in total. The van der Waals surface area contributed by atoms with E-state index in [2.05, 4.69) is 70.0 Å². The smallest absolute Gasteiger partial charge is 0.0457 e. The quantitative estimate of drug-likeness (QED) is 0.507. The molecule has 2 heterocycles. The average Bonchev–Trinajstić information content (AvgIpc) is 3.11. The van der Waals surface area contributed by atoms with Gasteiger partial charge in [0.25, 0.3) is 0 Å². The van der Waals surface area contributed by atoms with E-state index in [0.29, 0.717) is 0 Å². The Bertz CT molecular complexity index is 870. The number of nitrogens with one attached hydrogen (secondary N) is 3. The fourth-order valence-corrected chi connectivity index (χ4v) is 2.64. The van der Waals surface area contributed by atoms with Crippen LogP contribution in [0.25, 0.3) is 21.8 Å². The van der Waals surface area contributed by atoms with Crippen LogP contribution in [0.4, 0.5) is 5.69 Å². The molecule has 3 heteroatoms. The number of benzene rings is 2. The molecule has 0 aliphatic heterocycles. The number of rotatable bonds is 3. The first-order valence-electron chi connectivity index (χ1n) is 6.76. The Kier molecular flexibility index (Phi) is 2.49. The molecule has 0 aliphatic rings. The SMILES string of the molecule is c1ccc2c(CNc3ccc4[nH]ccc4c3)c[nH]c2c1. The molecule has 3 nitrogen and oxygen atoms in total. The van der Waals surface area contributed by atoms with Crippen molar-refractivity contribution in [3.63, 3.8) is 0 Å². The van der Waals surface area contributed by atoms with E-state index in [1.54, 1.807) is 0 Å². The van der Waals surface area contributed by atoms with Gasteiger partial charge in [0.2, 0.25) is 0 Å². The Labute approximate surface area is 116 Å². The largest absolute Gasteiger partial charge is 0.381 e. The van der Waals surface area contributed by atoms with Crippen molar-refractivity contribution < 1.29 is 0 Å². The summed E-state index contributed by atoms with van der Waals surface area (Å²) in [6.45, 7) is 0.819. The van der Waals surface area contributed by atoms with Gasteiger partial charge in [-0.25, -0.2) is 0 Å². The highest BCUT2D eigenvalue weighted by Crippen LogP contribution is 2.21. The minimum atomic E-state index is 0.819. The van der Waals surface area contributed by atoms with Gasteiger partial charge in [-0.05, 0) is 35.9 Å². The molecule has 0 amide bonds. The first-order chi connectivity index (χ1) is 9.90. The highest BCUT2D eigenvalue weighted by atomic mass is 14.9. The van der Waals surface area contributed by atoms with Crippen LogP contribution >= 0.6 is 0 Å². The lowest BCUT2D eigenvalue weighted by Crippen LogP contribution is -1.98. The second-order valence-electron chi connectivity index (χ2n) is 4.99. The van der Waals surface area contributed by atoms with Crippen molar-refractivity contribution in [2.75, 3.05) is 5.32 Å². The summed E-state index contributed by atoms with van der Waals surface area (Å²) >= 11 is 0. The van der Waals surface area contributed by atoms with Gasteiger partial charge in [0.1, 0.15) is 0 Å². The third-order valence-electron chi connectivity index (χ3n) is 3.71. The number of H-pyrrole nitrogens is 2. The minimum absolute atomic E-state index is 0.819. The predicted molar refractivity (Wildman–Crippen MR) is 83.9 cm³/mol. The Hall–Kier alpha value is -2.68. The van der Waals surface area contributed by atoms with E-state index < -0.39 is 0 Å². The van der Waals surface area contributed by atoms with E-state index in [0.717, 1.165) is 12.2 Å². The van der Waals surface area contributed by atoms with Crippen LogP contribution in [-0.4, -0.2) is 9.97 Å². The van der Waals surface area contributed by atoms with Gasteiger partial charge in [-0.15, -0.1) is 0 Å². The van der Waals surface area contributed by atoms with Crippen LogP contribution in [0.3, 0.4) is 0 Å². The fraction of sp³-hybridized carbons (Fsp3) is 0.0588. The minimum Gasteiger partial charge on any atom is -0.381 e. The van der Waals surface area contributed by atoms with Crippen molar-refractivity contribution >= 4 is 27.5 Å². The van der Waals surface area contributed by atoms with Crippen molar-refractivity contribution in [3.05, 3.63) is 66.5 Å². The highest BCUT2D eigenvalue weighted by molar-refractivity contribution is 5.84. The zero-order chi connectivity index (χ0) is 13.4. The molecular formula is C17H15N3. The summed E-state index contributed by atoms with van der Waals surface area (Å²) in [5, 5.41) is 6.00. The molecule has 0 saturated heterocycles. The Morgan fingerprint density at radius 3 is 2.85 bits per heavy atom. The van der Waals surface area contributed by atoms with Crippen molar-refractivity contribution in [3.8, 4) is 0 Å². The Morgan fingerprint density at radius 1 is 0.900 bits per heavy atom. The second-order valence-corrected chi connectivity index (χ2v) is 4.99. The van der Waals surface area contributed by atoms with E-state index in [4.69, 9.17) is 0 Å². The molecule has 4 rings (SSSR count). The van der Waals surface area contributed by atoms with Gasteiger partial charge in [-0.3, -0.25) is 0 Å². The summed E-state index contributed by atoms with van der Waals surface area (Å²) in [6.07, 6.45) is 4.04. The first-order valence-corrected chi connectivity index (χ1v) is 6.76. The van der Waals surface area contributed by atoms with Gasteiger partial charge in [0.15, 0.2) is 0 Å². The van der Waals surface area contributed by atoms with Gasteiger partial charge in [-0.1, -0.05) is 18.2 Å². The van der Waals surface area contributed by atoms with Crippen LogP contribution in [-0.2, 0) is 6.54 Å². The maximum Gasteiger partial charge on any atom is 0.0457 e. The molecule has 98 valence electrons. The van der Waals surface area contributed by atoms with Crippen LogP contribution in [0.1, 0.15) is 5.56 Å². The van der Waals surface area contributed by atoms with Gasteiger partial charge in [-0.2, -0.15) is 0 Å². The molecule has 0 fully saturated rings. The summed E-state index contributed by atoms with van der Waals surface area (Å²) in [5.74, 6) is 0. The fourth-order valence-electron chi connectivity index (χ4n) is 2.64. The van der Waals surface area contributed by atoms with Gasteiger partial charge in [0, 0.05) is 46.4 Å². The molecule has 2 aromatic carbocycles. The van der Waals surface area contributed by atoms with Crippen molar-refractivity contribution in [2.24, 2.45) is 0 Å². The molecule has 0 aliphatic carbocycles. The molecule has 0 saturated carbocycles. The molecule has 0 radical (unpaired) electrons. The number of hydrogen-bond donors (Lipinski definition) is 3. The second kappa shape index (κ2) is 4.46. The third-order valence-corrected chi connectivity index (χ3v) is 3.71. The maximum atomic E-state index is 3.49. The topological polar surface area (TPSA) is 43.6 Å². The number of para-hydroxylation sites is 1. The van der Waals surface area contributed by atoms with Gasteiger partial charge >= 0.3 is 0 Å². The van der Waals surface area contributed by atoms with Crippen LogP contribution in [0.15, 0.2) is 60.9 Å². The summed E-state index contributed by atoms with van der Waals surface area (Å²) in [6, 6.07) is 16.8. The maximum absolute atomic E-state index is 3.49. The Morgan fingerprint density at radius 2 is 1.85 bits per heavy atom. The lowest BCUT2D eigenvalue weighted by atomic mass is 10.1. The standard InChI is InChI=1S/C17H15N3/c1-2-4-17-15(3-1)13(11-20-17)10-19-14-5-6-16-12(9-14)7-8-18-16/h1-9,11,18-20H,10H2. The number of aromatic amines is 2. The first kappa shape index (κ1) is 11.2. The normalized spacial score (nSPS) is 11.2. The summed E-state index contributed by atoms with van der Waals surface area (Å²) in [7, 11) is 0. The lowest BCUT2D eigenvalue weighted by Gasteiger charge is -2.06. The molecule has 0 bridgehead atoms. The number of anilines is 1. The van der Waals surface area contributed by atoms with Crippen LogP contribution in [0, 0.1) is 0 Å². The van der Waals surface area contributed by atoms with Crippen molar-refractivity contribution in [1.29, 1.82) is 0 Å². The number of aromatic nitrogens is 2. The monoisotopic (exact) mass is 261 g/mol. The number of fused-ring (bicyclic) bond motifs is 2.